The number of nitrogens with zero attached hydrogens (tertiary/aromatic N) is 9. The van der Waals surface area contributed by atoms with E-state index in [0.717, 1.165) is 44.7 Å². The Balaban J connectivity index is 1.88. The molecule has 4 aromatic rings. The standard InChI is InChI=1S/C66H94N10O7/c1-20-50(21-2)56(37-46(5)62(9,10)59(78)81-22-3)49(8)74-43-54(69-71-74)41-73(40-53(68-19)44-75(67)65(15,16)57(51-31-26-24-27-32-51)38-47(6)63(11,12)60(79)82-23-4)42-55-45-76(72-70-55)66(17,18)58(52-33-28-25-29-34-52)39-48(7)64(13,14)61(80)83-36-30-35-77/h20-21,24-29,31-34,37-39,43-45,57-58,77H,1,19,22-23,30,35-36,40-42,67H2,2-18H3/b46-37+,47-38+,48-39+,50-21+,53-44-,56-49+. The van der Waals surface area contributed by atoms with Crippen LogP contribution < -0.4 is 5.84 Å². The van der Waals surface area contributed by atoms with Gasteiger partial charge in [0.05, 0.1) is 76.6 Å². The summed E-state index contributed by atoms with van der Waals surface area (Å²) in [5.74, 6) is 5.59. The number of ether oxygens (including phenoxy) is 3. The lowest BCUT2D eigenvalue weighted by Gasteiger charge is -2.41. The molecule has 0 aliphatic carbocycles. The summed E-state index contributed by atoms with van der Waals surface area (Å²) in [7, 11) is 0. The molecular weight excluding hydrogens is 1040 g/mol. The van der Waals surface area contributed by atoms with Crippen LogP contribution in [0.25, 0.3) is 5.70 Å². The molecule has 17 heteroatoms. The van der Waals surface area contributed by atoms with Gasteiger partial charge in [0, 0.05) is 62.0 Å². The van der Waals surface area contributed by atoms with Gasteiger partial charge in [0.15, 0.2) is 0 Å². The lowest BCUT2D eigenvalue weighted by molar-refractivity contribution is -0.152. The van der Waals surface area contributed by atoms with Gasteiger partial charge in [-0.05, 0) is 141 Å². The minimum atomic E-state index is -0.959. The highest BCUT2D eigenvalue weighted by atomic mass is 16.5. The second-order valence-corrected chi connectivity index (χ2v) is 23.7. The van der Waals surface area contributed by atoms with Crippen LogP contribution in [0.1, 0.15) is 158 Å². The number of benzene rings is 2. The van der Waals surface area contributed by atoms with Crippen LogP contribution in [0, 0.1) is 16.2 Å². The van der Waals surface area contributed by atoms with E-state index in [4.69, 9.17) is 35.5 Å². The molecule has 2 aromatic heterocycles. The highest BCUT2D eigenvalue weighted by molar-refractivity contribution is 5.81. The fourth-order valence-corrected chi connectivity index (χ4v) is 9.27. The van der Waals surface area contributed by atoms with Gasteiger partial charge in [-0.25, -0.2) is 15.2 Å². The number of rotatable bonds is 31. The van der Waals surface area contributed by atoms with Crippen molar-refractivity contribution in [3.05, 3.63) is 172 Å². The maximum absolute atomic E-state index is 13.4. The van der Waals surface area contributed by atoms with E-state index in [1.165, 1.54) is 0 Å². The van der Waals surface area contributed by atoms with Crippen LogP contribution in [0.15, 0.2) is 155 Å². The van der Waals surface area contributed by atoms with Crippen LogP contribution in [0.2, 0.25) is 0 Å². The first kappa shape index (κ1) is 68.2. The summed E-state index contributed by atoms with van der Waals surface area (Å²) >= 11 is 0. The Bertz CT molecular complexity index is 3040. The molecule has 0 saturated carbocycles. The van der Waals surface area contributed by atoms with Crippen molar-refractivity contribution in [3.63, 3.8) is 0 Å². The molecule has 0 bridgehead atoms. The Kier molecular flexibility index (Phi) is 24.4. The molecule has 2 atom stereocenters. The monoisotopic (exact) mass is 1140 g/mol. The molecule has 83 heavy (non-hydrogen) atoms. The van der Waals surface area contributed by atoms with Gasteiger partial charge >= 0.3 is 17.9 Å². The second kappa shape index (κ2) is 29.8. The van der Waals surface area contributed by atoms with E-state index in [2.05, 4.69) is 92.5 Å². The Morgan fingerprint density at radius 2 is 1.20 bits per heavy atom. The SMILES string of the molecule is C=CC(=C\C)/C(/C=C(\C)C(C)(C)C(=O)OCC)=C(\C)n1cc(CN(C/C(=C/N(N)C(C)(C)C(/C=C(\C)C(C)(C)C(=O)OCC)c2ccccc2)N=C)Cc2cn(C(C)(C)C(/C=C(\C)C(C)(C)C(=O)OCCCO)c3ccccc3)nn2)nn1. The number of hydrogen-bond donors (Lipinski definition) is 2. The number of hydrogen-bond acceptors (Lipinski definition) is 15. The average molecular weight is 1140 g/mol. The number of carbonyl (C=O) groups is 3. The molecule has 4 rings (SSSR count). The summed E-state index contributed by atoms with van der Waals surface area (Å²) in [4.78, 5) is 46.5. The van der Waals surface area contributed by atoms with Crippen molar-refractivity contribution >= 4 is 30.3 Å². The number of hydrazine groups is 1. The third-order valence-electron chi connectivity index (χ3n) is 16.2. The van der Waals surface area contributed by atoms with E-state index in [1.54, 1.807) is 35.8 Å². The Labute approximate surface area is 494 Å². The third-order valence-corrected chi connectivity index (χ3v) is 16.2. The molecule has 3 N–H and O–H groups in total. The topological polar surface area (TPSA) is 205 Å². The highest BCUT2D eigenvalue weighted by Gasteiger charge is 2.39. The maximum atomic E-state index is 13.4. The van der Waals surface area contributed by atoms with E-state index in [1.807, 2.05) is 142 Å². The van der Waals surface area contributed by atoms with Crippen LogP contribution in [0.5, 0.6) is 0 Å². The molecular formula is C66H94N10O7. The molecule has 0 spiro atoms. The van der Waals surface area contributed by atoms with Crippen molar-refractivity contribution in [3.8, 4) is 0 Å². The van der Waals surface area contributed by atoms with Crippen LogP contribution in [0.4, 0.5) is 0 Å². The number of esters is 3. The quantitative estimate of drug-likeness (QED) is 0.00703. The molecule has 450 valence electrons. The van der Waals surface area contributed by atoms with Crippen molar-refractivity contribution in [1.82, 2.24) is 39.9 Å². The zero-order valence-corrected chi connectivity index (χ0v) is 52.6. The first-order valence-electron chi connectivity index (χ1n) is 28.5. The van der Waals surface area contributed by atoms with E-state index in [0.29, 0.717) is 23.5 Å². The lowest BCUT2D eigenvalue weighted by Crippen LogP contribution is -2.49. The Morgan fingerprint density at radius 1 is 0.723 bits per heavy atom. The number of allylic oxidation sites excluding steroid dienone is 7. The fraction of sp³-hybridized carbons (Fsp3) is 0.485. The van der Waals surface area contributed by atoms with Gasteiger partial charge in [0.25, 0.3) is 0 Å². The van der Waals surface area contributed by atoms with Crippen molar-refractivity contribution in [1.29, 1.82) is 0 Å². The van der Waals surface area contributed by atoms with Crippen LogP contribution in [-0.4, -0.2) is 108 Å². The van der Waals surface area contributed by atoms with Gasteiger partial charge in [-0.2, -0.15) is 0 Å². The fourth-order valence-electron chi connectivity index (χ4n) is 9.27. The molecule has 0 aliphatic heterocycles. The minimum absolute atomic E-state index is 0.0708. The number of nitrogens with two attached hydrogens (primary N) is 1. The van der Waals surface area contributed by atoms with Crippen molar-refractivity contribution in [2.45, 2.75) is 160 Å². The van der Waals surface area contributed by atoms with Gasteiger partial charge in [-0.3, -0.25) is 24.3 Å². The van der Waals surface area contributed by atoms with E-state index in [-0.39, 0.29) is 75.8 Å². The van der Waals surface area contributed by atoms with E-state index < -0.39 is 27.3 Å². The highest BCUT2D eigenvalue weighted by Crippen LogP contribution is 2.41. The largest absolute Gasteiger partial charge is 0.465 e. The maximum Gasteiger partial charge on any atom is 0.315 e. The number of aliphatic hydroxyl groups excluding tert-OH is 1. The molecule has 2 unspecified atom stereocenters. The van der Waals surface area contributed by atoms with Crippen LogP contribution >= 0.6 is 0 Å². The summed E-state index contributed by atoms with van der Waals surface area (Å²) in [6.07, 6.45) is 15.9. The number of aliphatic imine (C=N–C) groups is 1. The van der Waals surface area contributed by atoms with Crippen molar-refractivity contribution < 1.29 is 33.7 Å². The third kappa shape index (κ3) is 17.1. The van der Waals surface area contributed by atoms with Crippen LogP contribution in [0.3, 0.4) is 0 Å². The predicted octanol–water partition coefficient (Wildman–Crippen LogP) is 12.0. The number of carbonyl (C=O) groups excluding carboxylic acids is 3. The summed E-state index contributed by atoms with van der Waals surface area (Å²) in [5, 5.41) is 29.9. The normalized spacial score (nSPS) is 14.7. The smallest absolute Gasteiger partial charge is 0.315 e. The lowest BCUT2D eigenvalue weighted by atomic mass is 9.76. The first-order chi connectivity index (χ1) is 39.0. The van der Waals surface area contributed by atoms with Crippen molar-refractivity contribution in [2.24, 2.45) is 27.1 Å². The zero-order valence-electron chi connectivity index (χ0n) is 52.6. The number of aromatic nitrogens is 6. The Hall–Kier alpha value is -7.34. The van der Waals surface area contributed by atoms with Crippen LogP contribution in [-0.2, 0) is 47.2 Å². The summed E-state index contributed by atoms with van der Waals surface area (Å²) in [5.41, 5.74) is 4.43. The second-order valence-electron chi connectivity index (χ2n) is 23.7. The summed E-state index contributed by atoms with van der Waals surface area (Å²) < 4.78 is 20.1. The van der Waals surface area contributed by atoms with E-state index >= 15 is 0 Å². The van der Waals surface area contributed by atoms with E-state index in [9.17, 15) is 19.5 Å². The molecule has 0 radical (unpaired) electrons. The zero-order chi connectivity index (χ0) is 62.1. The van der Waals surface area contributed by atoms with Gasteiger partial charge in [0.1, 0.15) is 0 Å². The van der Waals surface area contributed by atoms with Gasteiger partial charge in [-0.15, -0.1) is 10.2 Å². The first-order valence-corrected chi connectivity index (χ1v) is 28.5. The molecule has 2 aromatic carbocycles. The average Bonchev–Trinajstić information content (AvgIpc) is 4.32. The molecule has 0 aliphatic rings. The predicted molar refractivity (Wildman–Crippen MR) is 331 cm³/mol. The molecule has 0 fully saturated rings. The van der Waals surface area contributed by atoms with Crippen molar-refractivity contribution in [2.75, 3.05) is 33.0 Å². The van der Waals surface area contributed by atoms with Gasteiger partial charge in [0.2, 0.25) is 0 Å². The molecule has 0 saturated heterocycles. The summed E-state index contributed by atoms with van der Waals surface area (Å²) in [6.45, 7) is 42.2. The minimum Gasteiger partial charge on any atom is -0.465 e. The molecule has 17 nitrogen and oxygen atoms in total. The molecule has 2 heterocycles. The summed E-state index contributed by atoms with van der Waals surface area (Å²) in [6, 6.07) is 20.1. The van der Waals surface area contributed by atoms with Gasteiger partial charge in [-0.1, -0.05) is 125 Å². The van der Waals surface area contributed by atoms with Gasteiger partial charge < -0.3 is 24.3 Å². The Morgan fingerprint density at radius 3 is 1.70 bits per heavy atom. The number of aliphatic hydroxyl groups is 1. The molecule has 0 amide bonds.